The standard InChI is InChI=1S/C18H31N/c1-6-9-16(7-2)17(14(3)4)15(5)12-18(13-19)10-8-11-18/h6,9,14H,1,7-8,10-13,19H2,2-5H3/b16-9-,17-15+. The molecule has 1 aliphatic rings. The summed E-state index contributed by atoms with van der Waals surface area (Å²) in [4.78, 5) is 0. The van der Waals surface area contributed by atoms with Crippen LogP contribution < -0.4 is 5.73 Å². The number of nitrogens with two attached hydrogens (primary N) is 1. The van der Waals surface area contributed by atoms with E-state index in [1.54, 1.807) is 0 Å². The highest BCUT2D eigenvalue weighted by atomic mass is 14.6. The molecule has 0 radical (unpaired) electrons. The van der Waals surface area contributed by atoms with E-state index in [1.807, 2.05) is 6.08 Å². The third kappa shape index (κ3) is 3.82. The van der Waals surface area contributed by atoms with Crippen LogP contribution in [0.15, 0.2) is 35.5 Å². The normalized spacial score (nSPS) is 20.0. The number of allylic oxidation sites excluding steroid dienone is 5. The summed E-state index contributed by atoms with van der Waals surface area (Å²) in [5.41, 5.74) is 10.9. The number of rotatable bonds is 7. The maximum Gasteiger partial charge on any atom is -0.00175 e. The molecule has 1 saturated carbocycles. The fourth-order valence-electron chi connectivity index (χ4n) is 3.47. The Morgan fingerprint density at radius 1 is 1.37 bits per heavy atom. The van der Waals surface area contributed by atoms with Gasteiger partial charge in [0.1, 0.15) is 0 Å². The van der Waals surface area contributed by atoms with Gasteiger partial charge < -0.3 is 5.73 Å². The summed E-state index contributed by atoms with van der Waals surface area (Å²) in [5.74, 6) is 0.570. The number of hydrogen-bond donors (Lipinski definition) is 1. The Bertz CT molecular complexity index is 362. The van der Waals surface area contributed by atoms with Gasteiger partial charge in [-0.3, -0.25) is 0 Å². The lowest BCUT2D eigenvalue weighted by molar-refractivity contribution is 0.144. The summed E-state index contributed by atoms with van der Waals surface area (Å²) < 4.78 is 0. The SMILES string of the molecule is C=C/C=C(CC)\C(=C(/C)CC1(CN)CCC1)C(C)C. The van der Waals surface area contributed by atoms with Crippen molar-refractivity contribution < 1.29 is 0 Å². The van der Waals surface area contributed by atoms with Crippen molar-refractivity contribution in [2.75, 3.05) is 6.54 Å². The van der Waals surface area contributed by atoms with Crippen LogP contribution in [0.1, 0.15) is 59.8 Å². The minimum absolute atomic E-state index is 0.400. The van der Waals surface area contributed by atoms with E-state index in [9.17, 15) is 0 Å². The fraction of sp³-hybridized carbons (Fsp3) is 0.667. The lowest BCUT2D eigenvalue weighted by Gasteiger charge is -2.42. The summed E-state index contributed by atoms with van der Waals surface area (Å²) in [5, 5.41) is 0. The Labute approximate surface area is 119 Å². The molecule has 19 heavy (non-hydrogen) atoms. The van der Waals surface area contributed by atoms with Crippen LogP contribution in [-0.2, 0) is 0 Å². The second-order valence-electron chi connectivity index (χ2n) is 6.36. The van der Waals surface area contributed by atoms with Crippen molar-refractivity contribution in [3.8, 4) is 0 Å². The molecule has 0 heterocycles. The van der Waals surface area contributed by atoms with Crippen LogP contribution in [0, 0.1) is 11.3 Å². The first-order valence-electron chi connectivity index (χ1n) is 7.71. The van der Waals surface area contributed by atoms with Crippen molar-refractivity contribution in [3.05, 3.63) is 35.5 Å². The van der Waals surface area contributed by atoms with E-state index in [0.29, 0.717) is 11.3 Å². The average Bonchev–Trinajstić information content (AvgIpc) is 2.32. The molecule has 1 nitrogen and oxygen atoms in total. The smallest absolute Gasteiger partial charge is 0.00175 e. The molecule has 0 aromatic carbocycles. The van der Waals surface area contributed by atoms with Gasteiger partial charge in [0.15, 0.2) is 0 Å². The minimum atomic E-state index is 0.400. The fourth-order valence-corrected chi connectivity index (χ4v) is 3.47. The molecule has 1 aliphatic carbocycles. The van der Waals surface area contributed by atoms with Crippen LogP contribution in [0.5, 0.6) is 0 Å². The summed E-state index contributed by atoms with van der Waals surface area (Å²) in [6, 6.07) is 0. The van der Waals surface area contributed by atoms with Crippen LogP contribution in [0.25, 0.3) is 0 Å². The van der Waals surface area contributed by atoms with Crippen LogP contribution in [0.2, 0.25) is 0 Å². The summed E-state index contributed by atoms with van der Waals surface area (Å²) >= 11 is 0. The van der Waals surface area contributed by atoms with E-state index in [0.717, 1.165) is 13.0 Å². The van der Waals surface area contributed by atoms with E-state index in [-0.39, 0.29) is 0 Å². The zero-order valence-corrected chi connectivity index (χ0v) is 13.3. The maximum atomic E-state index is 6.01. The molecule has 0 bridgehead atoms. The molecule has 0 aromatic heterocycles. The second kappa shape index (κ2) is 7.09. The molecule has 1 heteroatoms. The molecule has 0 aromatic rings. The Hall–Kier alpha value is -0.820. The van der Waals surface area contributed by atoms with E-state index in [1.165, 1.54) is 42.4 Å². The predicted octanol–water partition coefficient (Wildman–Crippen LogP) is 5.00. The molecule has 1 fully saturated rings. The van der Waals surface area contributed by atoms with Crippen molar-refractivity contribution in [2.24, 2.45) is 17.1 Å². The number of hydrogen-bond acceptors (Lipinski definition) is 1. The van der Waals surface area contributed by atoms with Gasteiger partial charge in [0, 0.05) is 0 Å². The van der Waals surface area contributed by atoms with E-state index in [2.05, 4.69) is 40.3 Å². The van der Waals surface area contributed by atoms with Crippen molar-refractivity contribution in [2.45, 2.75) is 59.8 Å². The van der Waals surface area contributed by atoms with Crippen LogP contribution >= 0.6 is 0 Å². The Morgan fingerprint density at radius 2 is 2.00 bits per heavy atom. The third-order valence-electron chi connectivity index (χ3n) is 4.57. The van der Waals surface area contributed by atoms with Crippen molar-refractivity contribution in [3.63, 3.8) is 0 Å². The monoisotopic (exact) mass is 261 g/mol. The van der Waals surface area contributed by atoms with Crippen molar-refractivity contribution in [1.82, 2.24) is 0 Å². The molecule has 0 atom stereocenters. The van der Waals surface area contributed by atoms with Gasteiger partial charge in [-0.25, -0.2) is 0 Å². The van der Waals surface area contributed by atoms with E-state index < -0.39 is 0 Å². The zero-order valence-electron chi connectivity index (χ0n) is 13.3. The van der Waals surface area contributed by atoms with Gasteiger partial charge in [-0.05, 0) is 61.6 Å². The van der Waals surface area contributed by atoms with Gasteiger partial charge in [0.2, 0.25) is 0 Å². The van der Waals surface area contributed by atoms with Crippen molar-refractivity contribution >= 4 is 0 Å². The largest absolute Gasteiger partial charge is 0.330 e. The first-order chi connectivity index (χ1) is 8.99. The lowest BCUT2D eigenvalue weighted by Crippen LogP contribution is -2.37. The molecular weight excluding hydrogens is 230 g/mol. The molecular formula is C18H31N. The van der Waals surface area contributed by atoms with Gasteiger partial charge in [-0.1, -0.05) is 51.5 Å². The van der Waals surface area contributed by atoms with Gasteiger partial charge in [0.05, 0.1) is 0 Å². The molecule has 0 spiro atoms. The highest BCUT2D eigenvalue weighted by Crippen LogP contribution is 2.46. The van der Waals surface area contributed by atoms with Gasteiger partial charge in [-0.2, -0.15) is 0 Å². The molecule has 2 N–H and O–H groups in total. The Balaban J connectivity index is 3.04. The van der Waals surface area contributed by atoms with E-state index in [4.69, 9.17) is 5.73 Å². The van der Waals surface area contributed by atoms with Gasteiger partial charge in [-0.15, -0.1) is 0 Å². The lowest BCUT2D eigenvalue weighted by atomic mass is 9.64. The topological polar surface area (TPSA) is 26.0 Å². The van der Waals surface area contributed by atoms with Crippen molar-refractivity contribution in [1.29, 1.82) is 0 Å². The molecule has 1 rings (SSSR count). The molecule has 108 valence electrons. The van der Waals surface area contributed by atoms with Crippen LogP contribution in [-0.4, -0.2) is 6.54 Å². The molecule has 0 aliphatic heterocycles. The summed E-state index contributed by atoms with van der Waals surface area (Å²) in [6.07, 6.45) is 10.3. The highest BCUT2D eigenvalue weighted by Gasteiger charge is 2.36. The Kier molecular flexibility index (Phi) is 6.06. The van der Waals surface area contributed by atoms with E-state index >= 15 is 0 Å². The molecule has 0 unspecified atom stereocenters. The van der Waals surface area contributed by atoms with Gasteiger partial charge in [0.25, 0.3) is 0 Å². The summed E-state index contributed by atoms with van der Waals surface area (Å²) in [6.45, 7) is 13.8. The quantitative estimate of drug-likeness (QED) is 0.641. The minimum Gasteiger partial charge on any atom is -0.330 e. The van der Waals surface area contributed by atoms with Crippen LogP contribution in [0.3, 0.4) is 0 Å². The summed E-state index contributed by atoms with van der Waals surface area (Å²) in [7, 11) is 0. The molecule has 0 saturated heterocycles. The zero-order chi connectivity index (χ0) is 14.5. The molecule has 0 amide bonds. The first-order valence-corrected chi connectivity index (χ1v) is 7.71. The maximum absolute atomic E-state index is 6.01. The second-order valence-corrected chi connectivity index (χ2v) is 6.36. The van der Waals surface area contributed by atoms with Crippen LogP contribution in [0.4, 0.5) is 0 Å². The highest BCUT2D eigenvalue weighted by molar-refractivity contribution is 5.38. The predicted molar refractivity (Wildman–Crippen MR) is 86.1 cm³/mol. The first kappa shape index (κ1) is 16.2. The third-order valence-corrected chi connectivity index (χ3v) is 4.57. The average molecular weight is 261 g/mol. The van der Waals surface area contributed by atoms with Gasteiger partial charge >= 0.3 is 0 Å². The Morgan fingerprint density at radius 3 is 2.32 bits per heavy atom.